The van der Waals surface area contributed by atoms with E-state index in [1.54, 1.807) is 54.6 Å². The van der Waals surface area contributed by atoms with Gasteiger partial charge in [-0.05, 0) is 53.2 Å². The van der Waals surface area contributed by atoms with Crippen LogP contribution in [-0.2, 0) is 20.8 Å². The van der Waals surface area contributed by atoms with Gasteiger partial charge in [0.05, 0.1) is 11.4 Å². The Bertz CT molecular complexity index is 1030. The van der Waals surface area contributed by atoms with Gasteiger partial charge in [0.1, 0.15) is 17.5 Å². The Kier molecular flexibility index (Phi) is 7.06. The van der Waals surface area contributed by atoms with Crippen molar-refractivity contribution in [2.45, 2.75) is 12.5 Å². The average Bonchev–Trinajstić information content (AvgIpc) is 3.06. The molecule has 0 saturated carbocycles. The Balaban J connectivity index is 1.61. The fourth-order valence-corrected chi connectivity index (χ4v) is 3.41. The van der Waals surface area contributed by atoms with E-state index >= 15 is 0 Å². The summed E-state index contributed by atoms with van der Waals surface area (Å²) in [4.78, 5) is 45.8. The largest absolute Gasteiger partial charge is 0.480 e. The van der Waals surface area contributed by atoms with Crippen LogP contribution in [0.2, 0.25) is 0 Å². The molecule has 3 rings (SSSR count). The Morgan fingerprint density at radius 1 is 1.10 bits per heavy atom. The number of hydrogen-bond acceptors (Lipinski definition) is 7. The minimum atomic E-state index is -1.14. The van der Waals surface area contributed by atoms with Gasteiger partial charge in [0.2, 0.25) is 5.91 Å². The first-order valence-electron chi connectivity index (χ1n) is 9.18. The summed E-state index contributed by atoms with van der Waals surface area (Å²) in [6.07, 6.45) is 1.73. The summed E-state index contributed by atoms with van der Waals surface area (Å²) in [5.41, 5.74) is 6.67. The molecule has 1 heterocycles. The van der Waals surface area contributed by atoms with E-state index in [1.807, 2.05) is 0 Å². The molecule has 0 radical (unpaired) electrons. The Hall–Kier alpha value is -3.63. The summed E-state index contributed by atoms with van der Waals surface area (Å²) in [5, 5.41) is 13.4. The number of benzene rings is 2. The maximum absolute atomic E-state index is 11.6. The molecule has 160 valence electrons. The lowest BCUT2D eigenvalue weighted by molar-refractivity contribution is -0.141. The molecule has 2 aromatic carbocycles. The fourth-order valence-electron chi connectivity index (χ4n) is 2.72. The van der Waals surface area contributed by atoms with E-state index in [0.29, 0.717) is 22.0 Å². The van der Waals surface area contributed by atoms with Crippen molar-refractivity contribution in [1.82, 2.24) is 10.6 Å². The van der Waals surface area contributed by atoms with Crippen LogP contribution >= 0.6 is 11.8 Å². The third-order valence-corrected chi connectivity index (χ3v) is 5.05. The first-order chi connectivity index (χ1) is 14.8. The van der Waals surface area contributed by atoms with Gasteiger partial charge in [-0.15, -0.1) is 0 Å². The number of thioether (sulfide) groups is 1. The summed E-state index contributed by atoms with van der Waals surface area (Å²) in [6.45, 7) is -0.281. The van der Waals surface area contributed by atoms with Gasteiger partial charge in [0.25, 0.3) is 11.1 Å². The van der Waals surface area contributed by atoms with Gasteiger partial charge >= 0.3 is 5.97 Å². The predicted octanol–water partition coefficient (Wildman–Crippen LogP) is 1.87. The minimum Gasteiger partial charge on any atom is -0.480 e. The van der Waals surface area contributed by atoms with E-state index in [9.17, 15) is 24.3 Å². The van der Waals surface area contributed by atoms with Gasteiger partial charge in [0.15, 0.2) is 0 Å². The highest BCUT2D eigenvalue weighted by Gasteiger charge is 2.24. The molecule has 31 heavy (non-hydrogen) atoms. The van der Waals surface area contributed by atoms with Crippen LogP contribution in [0.1, 0.15) is 11.1 Å². The molecule has 1 fully saturated rings. The van der Waals surface area contributed by atoms with Crippen LogP contribution in [0.25, 0.3) is 6.08 Å². The Morgan fingerprint density at radius 2 is 1.71 bits per heavy atom. The van der Waals surface area contributed by atoms with E-state index in [2.05, 4.69) is 10.6 Å². The molecule has 10 heteroatoms. The third-order valence-electron chi connectivity index (χ3n) is 4.24. The van der Waals surface area contributed by atoms with E-state index in [1.165, 1.54) is 0 Å². The quantitative estimate of drug-likeness (QED) is 0.454. The molecule has 0 bridgehead atoms. The number of carbonyl (C=O) groups is 4. The molecule has 1 unspecified atom stereocenters. The number of aliphatic carboxylic acids is 1. The van der Waals surface area contributed by atoms with Crippen molar-refractivity contribution in [2.75, 3.05) is 6.54 Å². The summed E-state index contributed by atoms with van der Waals surface area (Å²) < 4.78 is 5.77. The third kappa shape index (κ3) is 6.17. The van der Waals surface area contributed by atoms with Gasteiger partial charge in [0, 0.05) is 6.42 Å². The van der Waals surface area contributed by atoms with Crippen LogP contribution < -0.4 is 21.1 Å². The second kappa shape index (κ2) is 9.92. The highest BCUT2D eigenvalue weighted by Crippen LogP contribution is 2.27. The second-order valence-electron chi connectivity index (χ2n) is 6.53. The molecule has 1 aliphatic heterocycles. The first kappa shape index (κ1) is 22.1. The summed E-state index contributed by atoms with van der Waals surface area (Å²) in [7, 11) is 0. The fraction of sp³-hybridized carbons (Fsp3) is 0.143. The number of nitrogens with one attached hydrogen (secondary N) is 2. The molecule has 1 atom stereocenters. The van der Waals surface area contributed by atoms with Crippen molar-refractivity contribution in [2.24, 2.45) is 5.73 Å². The molecule has 2 aromatic rings. The monoisotopic (exact) mass is 441 g/mol. The summed E-state index contributed by atoms with van der Waals surface area (Å²) >= 11 is 0.851. The van der Waals surface area contributed by atoms with E-state index in [-0.39, 0.29) is 13.0 Å². The number of rotatable bonds is 8. The normalized spacial score (nSPS) is 15.5. The smallest absolute Gasteiger partial charge is 0.326 e. The zero-order valence-corrected chi connectivity index (χ0v) is 17.0. The number of carbonyl (C=O) groups excluding carboxylic acids is 3. The highest BCUT2D eigenvalue weighted by atomic mass is 32.2. The number of nitrogens with two attached hydrogens (primary N) is 1. The van der Waals surface area contributed by atoms with Crippen LogP contribution in [0, 0.1) is 0 Å². The molecule has 1 aliphatic rings. The molecule has 9 nitrogen and oxygen atoms in total. The van der Waals surface area contributed by atoms with Crippen LogP contribution in [0.3, 0.4) is 0 Å². The number of ether oxygens (including phenoxy) is 1. The maximum Gasteiger partial charge on any atom is 0.326 e. The van der Waals surface area contributed by atoms with E-state index < -0.39 is 29.1 Å². The van der Waals surface area contributed by atoms with Gasteiger partial charge in [-0.1, -0.05) is 24.3 Å². The molecular weight excluding hydrogens is 422 g/mol. The Morgan fingerprint density at radius 3 is 2.23 bits per heavy atom. The number of carboxylic acid groups (broad SMARTS) is 1. The van der Waals surface area contributed by atoms with E-state index in [4.69, 9.17) is 10.5 Å². The predicted molar refractivity (Wildman–Crippen MR) is 114 cm³/mol. The van der Waals surface area contributed by atoms with Crippen molar-refractivity contribution in [3.63, 3.8) is 0 Å². The number of hydrogen-bond donors (Lipinski definition) is 4. The molecular formula is C21H19N3O6S. The highest BCUT2D eigenvalue weighted by molar-refractivity contribution is 8.18. The maximum atomic E-state index is 11.6. The zero-order valence-electron chi connectivity index (χ0n) is 16.2. The standard InChI is InChI=1S/C21H19N3O6S/c22-11-18(25)23-16(20(27)28)9-12-1-5-14(6-2-12)30-15-7-3-13(4-8-15)10-17-19(26)24-21(29)31-17/h1-8,10,16H,9,11,22H2,(H,23,25)(H,27,28)(H,24,26,29)/b17-10+. The number of carboxylic acids is 1. The molecule has 5 N–H and O–H groups in total. The van der Waals surface area contributed by atoms with Crippen LogP contribution in [0.15, 0.2) is 53.4 Å². The van der Waals surface area contributed by atoms with Gasteiger partial charge in [-0.2, -0.15) is 0 Å². The van der Waals surface area contributed by atoms with Crippen LogP contribution in [0.4, 0.5) is 4.79 Å². The topological polar surface area (TPSA) is 148 Å². The number of imide groups is 1. The summed E-state index contributed by atoms with van der Waals surface area (Å²) in [5.74, 6) is -0.986. The van der Waals surface area contributed by atoms with Crippen molar-refractivity contribution in [1.29, 1.82) is 0 Å². The van der Waals surface area contributed by atoms with Gasteiger partial charge in [-0.25, -0.2) is 4.79 Å². The minimum absolute atomic E-state index is 0.110. The number of amides is 3. The molecule has 0 aromatic heterocycles. The second-order valence-corrected chi connectivity index (χ2v) is 7.55. The van der Waals surface area contributed by atoms with Gasteiger partial charge in [-0.3, -0.25) is 19.7 Å². The Labute approximate surface area is 181 Å². The SMILES string of the molecule is NCC(=O)NC(Cc1ccc(Oc2ccc(/C=C3/SC(=O)NC3=O)cc2)cc1)C(=O)O. The van der Waals surface area contributed by atoms with Crippen molar-refractivity contribution < 1.29 is 29.0 Å². The first-order valence-corrected chi connectivity index (χ1v) is 9.99. The van der Waals surface area contributed by atoms with Gasteiger partial charge < -0.3 is 20.9 Å². The van der Waals surface area contributed by atoms with E-state index in [0.717, 1.165) is 17.3 Å². The summed E-state index contributed by atoms with van der Waals surface area (Å²) in [6, 6.07) is 12.7. The van der Waals surface area contributed by atoms with Crippen molar-refractivity contribution in [3.05, 3.63) is 64.6 Å². The lowest BCUT2D eigenvalue weighted by atomic mass is 10.1. The van der Waals surface area contributed by atoms with Crippen molar-refractivity contribution in [3.8, 4) is 11.5 Å². The molecule has 3 amide bonds. The lowest BCUT2D eigenvalue weighted by Crippen LogP contribution is -2.44. The molecule has 1 saturated heterocycles. The van der Waals surface area contributed by atoms with Crippen LogP contribution in [0.5, 0.6) is 11.5 Å². The van der Waals surface area contributed by atoms with Crippen molar-refractivity contribution >= 4 is 40.9 Å². The molecule has 0 spiro atoms. The average molecular weight is 441 g/mol. The zero-order chi connectivity index (χ0) is 22.4. The lowest BCUT2D eigenvalue weighted by Gasteiger charge is -2.14. The van der Waals surface area contributed by atoms with Crippen LogP contribution in [-0.4, -0.2) is 40.7 Å². The molecule has 0 aliphatic carbocycles.